The quantitative estimate of drug-likeness (QED) is 0.109. The first-order chi connectivity index (χ1) is 30.2. The van der Waals surface area contributed by atoms with Crippen LogP contribution in [0, 0.1) is 0 Å². The molecule has 2 aromatic heterocycles. The number of fused-ring (bicyclic) bond motifs is 6. The third-order valence-corrected chi connectivity index (χ3v) is 11.7. The minimum atomic E-state index is 0.561. The van der Waals surface area contributed by atoms with Crippen molar-refractivity contribution in [2.75, 3.05) is 0 Å². The molecule has 0 saturated carbocycles. The van der Waals surface area contributed by atoms with Crippen molar-refractivity contribution in [2.45, 2.75) is 6.54 Å². The first kappa shape index (κ1) is 36.0. The topological polar surface area (TPSA) is 34.6 Å². The Hall–Kier alpha value is -8.08. The van der Waals surface area contributed by atoms with Crippen LogP contribution in [0.1, 0.15) is 16.7 Å². The van der Waals surface area contributed by atoms with Crippen LogP contribution in [-0.2, 0) is 6.54 Å². The molecule has 0 bridgehead atoms. The van der Waals surface area contributed by atoms with E-state index in [4.69, 9.17) is 9.98 Å². The molecule has 288 valence electrons. The lowest BCUT2D eigenvalue weighted by Gasteiger charge is -2.11. The molecule has 9 aromatic carbocycles. The number of aliphatic imine (C=N–C) groups is 2. The van der Waals surface area contributed by atoms with Crippen molar-refractivity contribution in [1.82, 2.24) is 9.13 Å². The van der Waals surface area contributed by atoms with E-state index < -0.39 is 0 Å². The summed E-state index contributed by atoms with van der Waals surface area (Å²) in [4.78, 5) is 9.91. The van der Waals surface area contributed by atoms with Gasteiger partial charge in [0.1, 0.15) is 0 Å². The maximum Gasteiger partial charge on any atom is 0.154 e. The fraction of sp³-hybridized carbons (Fsp3) is 0.0175. The number of nitrogens with zero attached hydrogens (tertiary/aromatic N) is 4. The summed E-state index contributed by atoms with van der Waals surface area (Å²) in [5, 5.41) is 4.95. The highest BCUT2D eigenvalue weighted by atomic mass is 15.0. The Labute approximate surface area is 354 Å². The summed E-state index contributed by atoms with van der Waals surface area (Å²) in [7, 11) is 0. The lowest BCUT2D eigenvalue weighted by molar-refractivity contribution is 1.06. The zero-order valence-corrected chi connectivity index (χ0v) is 33.4. The van der Waals surface area contributed by atoms with E-state index in [1.807, 2.05) is 42.6 Å². The fourth-order valence-electron chi connectivity index (χ4n) is 8.71. The molecule has 0 aliphatic heterocycles. The normalized spacial score (nSPS) is 12.0. The molecule has 0 fully saturated rings. The highest BCUT2D eigenvalue weighted by Crippen LogP contribution is 2.37. The summed E-state index contributed by atoms with van der Waals surface area (Å²) in [6, 6.07) is 79.8. The Balaban J connectivity index is 0.938. The molecule has 0 aliphatic carbocycles. The van der Waals surface area contributed by atoms with Gasteiger partial charge >= 0.3 is 0 Å². The van der Waals surface area contributed by atoms with E-state index in [0.717, 1.165) is 33.4 Å². The molecule has 4 heteroatoms. The van der Waals surface area contributed by atoms with Crippen LogP contribution in [0.15, 0.2) is 234 Å². The fourth-order valence-corrected chi connectivity index (χ4v) is 8.71. The van der Waals surface area contributed by atoms with E-state index in [2.05, 4.69) is 197 Å². The summed E-state index contributed by atoms with van der Waals surface area (Å²) in [6.07, 6.45) is 1.93. The molecule has 0 amide bonds. The van der Waals surface area contributed by atoms with Crippen molar-refractivity contribution < 1.29 is 0 Å². The van der Waals surface area contributed by atoms with Gasteiger partial charge in [0.25, 0.3) is 0 Å². The highest BCUT2D eigenvalue weighted by Gasteiger charge is 2.15. The second-order valence-corrected chi connectivity index (χ2v) is 15.4. The van der Waals surface area contributed by atoms with Gasteiger partial charge < -0.3 is 9.13 Å². The van der Waals surface area contributed by atoms with Gasteiger partial charge in [-0.3, -0.25) is 4.99 Å². The smallest absolute Gasteiger partial charge is 0.154 e. The Morgan fingerprint density at radius 2 is 0.902 bits per heavy atom. The summed E-state index contributed by atoms with van der Waals surface area (Å²) in [6.45, 7) is 0.561. The maximum absolute atomic E-state index is 4.97. The van der Waals surface area contributed by atoms with Crippen molar-refractivity contribution >= 4 is 55.7 Å². The Morgan fingerprint density at radius 1 is 0.377 bits per heavy atom. The third-order valence-electron chi connectivity index (χ3n) is 11.7. The van der Waals surface area contributed by atoms with Gasteiger partial charge in [0.15, 0.2) is 5.84 Å². The molecule has 0 saturated heterocycles. The van der Waals surface area contributed by atoms with Gasteiger partial charge in [-0.2, -0.15) is 0 Å². The maximum atomic E-state index is 4.97. The largest absolute Gasteiger partial charge is 0.309 e. The molecule has 61 heavy (non-hydrogen) atoms. The van der Waals surface area contributed by atoms with Crippen LogP contribution >= 0.6 is 0 Å². The second-order valence-electron chi connectivity index (χ2n) is 15.4. The highest BCUT2D eigenvalue weighted by molar-refractivity contribution is 6.12. The number of hydrogen-bond acceptors (Lipinski definition) is 1. The number of benzene rings is 9. The first-order valence-corrected chi connectivity index (χ1v) is 20.8. The predicted octanol–water partition coefficient (Wildman–Crippen LogP) is 14.3. The summed E-state index contributed by atoms with van der Waals surface area (Å²) in [5.74, 6) is 0.707. The van der Waals surface area contributed by atoms with Crippen LogP contribution in [0.4, 0.5) is 0 Å². The van der Waals surface area contributed by atoms with Crippen molar-refractivity contribution in [3.05, 3.63) is 241 Å². The molecule has 0 unspecified atom stereocenters. The Kier molecular flexibility index (Phi) is 9.21. The molecule has 0 spiro atoms. The molecule has 0 atom stereocenters. The minimum absolute atomic E-state index is 0.561. The average molecular weight is 781 g/mol. The molecule has 4 nitrogen and oxygen atoms in total. The van der Waals surface area contributed by atoms with Gasteiger partial charge in [0.05, 0.1) is 28.6 Å². The summed E-state index contributed by atoms with van der Waals surface area (Å²) in [5.41, 5.74) is 14.9. The molecule has 11 rings (SSSR count). The molecule has 0 aliphatic rings. The predicted molar refractivity (Wildman–Crippen MR) is 257 cm³/mol. The van der Waals surface area contributed by atoms with Crippen LogP contribution < -0.4 is 0 Å². The minimum Gasteiger partial charge on any atom is -0.309 e. The SMILES string of the molecule is C(=NC(=NCc1ccccc1)c1ccccc1)c1cccc(-n2c3ccccc3c3ccc(-c4ccc(-c5ccc6c(c5)c5ccccc5n6-c5ccccc5)cc4)cc32)c1. The molecular weight excluding hydrogens is 741 g/mol. The molecule has 0 N–H and O–H groups in total. The standard InChI is InChI=1S/C57H40N4/c1-4-15-40(16-5-1)38-58-57(44-18-6-2-7-19-44)59-39-41-17-14-22-48(35-41)61-53-25-12-10-23-49(53)51-33-31-46(37-56(51)61)43-29-27-42(28-30-43)45-32-34-55-52(36-45)50-24-11-13-26-54(50)60(55)47-20-8-3-9-21-47/h1-37,39H,38H2. The van der Waals surface area contributed by atoms with E-state index in [9.17, 15) is 0 Å². The van der Waals surface area contributed by atoms with Crippen LogP contribution in [0.25, 0.3) is 77.2 Å². The van der Waals surface area contributed by atoms with Crippen LogP contribution in [0.5, 0.6) is 0 Å². The van der Waals surface area contributed by atoms with Gasteiger partial charge in [-0.15, -0.1) is 0 Å². The van der Waals surface area contributed by atoms with Crippen LogP contribution in [0.3, 0.4) is 0 Å². The van der Waals surface area contributed by atoms with Gasteiger partial charge in [0.2, 0.25) is 0 Å². The van der Waals surface area contributed by atoms with Crippen molar-refractivity contribution in [1.29, 1.82) is 0 Å². The zero-order chi connectivity index (χ0) is 40.5. The van der Waals surface area contributed by atoms with Crippen molar-refractivity contribution in [2.24, 2.45) is 9.98 Å². The third kappa shape index (κ3) is 6.80. The summed E-state index contributed by atoms with van der Waals surface area (Å²) < 4.78 is 4.74. The van der Waals surface area contributed by atoms with Gasteiger partial charge in [-0.05, 0) is 88.0 Å². The average Bonchev–Trinajstić information content (AvgIpc) is 3.85. The molecule has 2 heterocycles. The van der Waals surface area contributed by atoms with Crippen molar-refractivity contribution in [3.8, 4) is 33.6 Å². The van der Waals surface area contributed by atoms with Gasteiger partial charge in [-0.1, -0.05) is 170 Å². The molecule has 0 radical (unpaired) electrons. The van der Waals surface area contributed by atoms with Crippen LogP contribution in [-0.4, -0.2) is 21.2 Å². The van der Waals surface area contributed by atoms with Crippen molar-refractivity contribution in [3.63, 3.8) is 0 Å². The second kappa shape index (κ2) is 15.6. The van der Waals surface area contributed by atoms with Crippen LogP contribution in [0.2, 0.25) is 0 Å². The number of hydrogen-bond donors (Lipinski definition) is 0. The van der Waals surface area contributed by atoms with Gasteiger partial charge in [0, 0.05) is 44.7 Å². The van der Waals surface area contributed by atoms with E-state index in [0.29, 0.717) is 12.4 Å². The van der Waals surface area contributed by atoms with Gasteiger partial charge in [-0.25, -0.2) is 4.99 Å². The Bertz CT molecular complexity index is 3410. The lowest BCUT2D eigenvalue weighted by Crippen LogP contribution is -2.00. The van der Waals surface area contributed by atoms with E-state index >= 15 is 0 Å². The monoisotopic (exact) mass is 780 g/mol. The lowest BCUT2D eigenvalue weighted by atomic mass is 9.98. The molecular formula is C57H40N4. The number of amidine groups is 1. The number of rotatable bonds is 8. The van der Waals surface area contributed by atoms with E-state index in [1.54, 1.807) is 0 Å². The first-order valence-electron chi connectivity index (χ1n) is 20.8. The number of aromatic nitrogens is 2. The number of para-hydroxylation sites is 3. The zero-order valence-electron chi connectivity index (χ0n) is 33.4. The Morgan fingerprint density at radius 3 is 1.62 bits per heavy atom. The molecule has 11 aromatic rings. The summed E-state index contributed by atoms with van der Waals surface area (Å²) >= 11 is 0. The van der Waals surface area contributed by atoms with E-state index in [-0.39, 0.29) is 0 Å². The van der Waals surface area contributed by atoms with E-state index in [1.165, 1.54) is 60.5 Å².